The zero-order valence-electron chi connectivity index (χ0n) is 17.9. The molecule has 2 N–H and O–H groups in total. The van der Waals surface area contributed by atoms with Gasteiger partial charge in [0.15, 0.2) is 0 Å². The smallest absolute Gasteiger partial charge is 0.410 e. The number of hydrogen-bond donors (Lipinski definition) is 2. The van der Waals surface area contributed by atoms with Gasteiger partial charge in [0.2, 0.25) is 10.0 Å². The molecule has 1 aromatic rings. The first-order valence-corrected chi connectivity index (χ1v) is 12.9. The van der Waals surface area contributed by atoms with Crippen LogP contribution < -0.4 is 0 Å². The minimum atomic E-state index is -4.01. The fraction of sp³-hybridized carbons (Fsp3) is 0.667. The number of amides is 1. The van der Waals surface area contributed by atoms with Crippen LogP contribution in [0.1, 0.15) is 32.1 Å². The zero-order chi connectivity index (χ0) is 22.9. The standard InChI is InChI=1S/C21H30ClN3O6S/c22-16-4-6-17(7-5-16)32(29,30)25-18(2-1-3-19(25)27)21(8-9-21)31-20(28)24-12-10-23(11-13-24)14-15-26/h4-7,18-19,26-27H,1-3,8-15H2/t18-,19-/m1/s1. The van der Waals surface area contributed by atoms with Crippen molar-refractivity contribution in [2.75, 3.05) is 39.3 Å². The molecule has 3 aliphatic rings. The molecule has 11 heteroatoms. The first-order chi connectivity index (χ1) is 15.3. The Morgan fingerprint density at radius 1 is 1.12 bits per heavy atom. The number of carbonyl (C=O) groups is 1. The lowest BCUT2D eigenvalue weighted by atomic mass is 9.97. The highest BCUT2D eigenvalue weighted by Crippen LogP contribution is 2.50. The molecule has 0 radical (unpaired) electrons. The summed E-state index contributed by atoms with van der Waals surface area (Å²) in [4.78, 5) is 16.7. The number of β-amino-alcohol motifs (C(OH)–C–C–N with tert-alkyl or cyclic N) is 1. The number of nitrogens with zero attached hydrogens (tertiary/aromatic N) is 3. The minimum absolute atomic E-state index is 0.0509. The van der Waals surface area contributed by atoms with E-state index in [-0.39, 0.29) is 11.5 Å². The molecule has 9 nitrogen and oxygen atoms in total. The number of aliphatic hydroxyl groups excluding tert-OH is 2. The van der Waals surface area contributed by atoms with Gasteiger partial charge in [-0.2, -0.15) is 4.31 Å². The molecule has 2 atom stereocenters. The summed E-state index contributed by atoms with van der Waals surface area (Å²) >= 11 is 5.91. The van der Waals surface area contributed by atoms with Gasteiger partial charge in [-0.05, 0) is 56.4 Å². The number of rotatable bonds is 6. The van der Waals surface area contributed by atoms with Crippen LogP contribution in [0, 0.1) is 0 Å². The lowest BCUT2D eigenvalue weighted by molar-refractivity contribution is -0.0603. The average Bonchev–Trinajstić information content (AvgIpc) is 3.55. The Bertz CT molecular complexity index is 916. The maximum atomic E-state index is 13.4. The predicted octanol–water partition coefficient (Wildman–Crippen LogP) is 1.48. The summed E-state index contributed by atoms with van der Waals surface area (Å²) in [7, 11) is -4.01. The summed E-state index contributed by atoms with van der Waals surface area (Å²) in [5.74, 6) is 0. The normalized spacial score (nSPS) is 26.7. The molecular formula is C21H30ClN3O6S. The number of carbonyl (C=O) groups excluding carboxylic acids is 1. The van der Waals surface area contributed by atoms with Gasteiger partial charge < -0.3 is 19.8 Å². The van der Waals surface area contributed by atoms with Gasteiger partial charge >= 0.3 is 6.09 Å². The second-order valence-corrected chi connectivity index (χ2v) is 11.0. The molecule has 1 saturated carbocycles. The molecule has 0 aromatic heterocycles. The average molecular weight is 488 g/mol. The molecule has 1 aliphatic carbocycles. The van der Waals surface area contributed by atoms with Gasteiger partial charge in [0, 0.05) is 37.7 Å². The summed E-state index contributed by atoms with van der Waals surface area (Å²) in [5.41, 5.74) is -0.916. The van der Waals surface area contributed by atoms with Crippen molar-refractivity contribution in [1.29, 1.82) is 0 Å². The highest BCUT2D eigenvalue weighted by molar-refractivity contribution is 7.89. The topological polar surface area (TPSA) is 111 Å². The number of aliphatic hydroxyl groups is 2. The Balaban J connectivity index is 1.50. The Kier molecular flexibility index (Phi) is 7.00. The fourth-order valence-electron chi connectivity index (χ4n) is 4.67. The Labute approximate surface area is 193 Å². The molecule has 3 fully saturated rings. The van der Waals surface area contributed by atoms with Crippen LogP contribution in [0.2, 0.25) is 5.02 Å². The molecule has 178 valence electrons. The van der Waals surface area contributed by atoms with E-state index in [1.807, 2.05) is 0 Å². The van der Waals surface area contributed by atoms with Crippen LogP contribution in [-0.2, 0) is 14.8 Å². The van der Waals surface area contributed by atoms with E-state index in [1.54, 1.807) is 4.90 Å². The first-order valence-electron chi connectivity index (χ1n) is 11.1. The lowest BCUT2D eigenvalue weighted by Crippen LogP contribution is -2.57. The number of ether oxygens (including phenoxy) is 1. The molecule has 0 unspecified atom stereocenters. The van der Waals surface area contributed by atoms with E-state index in [4.69, 9.17) is 21.4 Å². The summed E-state index contributed by atoms with van der Waals surface area (Å²) in [5, 5.41) is 20.2. The van der Waals surface area contributed by atoms with Gasteiger partial charge in [0.25, 0.3) is 0 Å². The highest BCUT2D eigenvalue weighted by atomic mass is 35.5. The number of hydrogen-bond acceptors (Lipinski definition) is 7. The number of benzene rings is 1. The van der Waals surface area contributed by atoms with Crippen LogP contribution in [0.3, 0.4) is 0 Å². The molecule has 2 saturated heterocycles. The summed E-state index contributed by atoms with van der Waals surface area (Å²) in [6.45, 7) is 2.95. The Morgan fingerprint density at radius 2 is 1.78 bits per heavy atom. The minimum Gasteiger partial charge on any atom is -0.441 e. The van der Waals surface area contributed by atoms with Crippen molar-refractivity contribution in [2.24, 2.45) is 0 Å². The molecule has 0 spiro atoms. The largest absolute Gasteiger partial charge is 0.441 e. The molecule has 32 heavy (non-hydrogen) atoms. The monoisotopic (exact) mass is 487 g/mol. The van der Waals surface area contributed by atoms with Crippen LogP contribution in [-0.4, -0.2) is 96.0 Å². The third-order valence-corrected chi connectivity index (χ3v) is 8.79. The first kappa shape index (κ1) is 23.7. The number of piperidine rings is 1. The second-order valence-electron chi connectivity index (χ2n) is 8.70. The van der Waals surface area contributed by atoms with E-state index < -0.39 is 34.0 Å². The molecular weight excluding hydrogens is 458 g/mol. The van der Waals surface area contributed by atoms with Crippen molar-refractivity contribution < 1.29 is 28.2 Å². The zero-order valence-corrected chi connectivity index (χ0v) is 19.5. The Hall–Kier alpha value is -1.43. The van der Waals surface area contributed by atoms with Gasteiger partial charge in [-0.3, -0.25) is 4.90 Å². The van der Waals surface area contributed by atoms with Crippen molar-refractivity contribution >= 4 is 27.7 Å². The van der Waals surface area contributed by atoms with E-state index in [1.165, 1.54) is 24.3 Å². The quantitative estimate of drug-likeness (QED) is 0.625. The van der Waals surface area contributed by atoms with Crippen molar-refractivity contribution in [3.63, 3.8) is 0 Å². The molecule has 1 amide bonds. The SMILES string of the molecule is O=C(OC1([C@H]2CCC[C@@H](O)N2S(=O)(=O)c2ccc(Cl)cc2)CC1)N1CCN(CCO)CC1. The van der Waals surface area contributed by atoms with Crippen LogP contribution in [0.25, 0.3) is 0 Å². The van der Waals surface area contributed by atoms with Crippen molar-refractivity contribution in [3.05, 3.63) is 29.3 Å². The van der Waals surface area contributed by atoms with E-state index in [9.17, 15) is 18.3 Å². The van der Waals surface area contributed by atoms with Crippen LogP contribution in [0.5, 0.6) is 0 Å². The van der Waals surface area contributed by atoms with Crippen LogP contribution in [0.15, 0.2) is 29.2 Å². The third kappa shape index (κ3) is 4.76. The lowest BCUT2D eigenvalue weighted by Gasteiger charge is -2.43. The second kappa shape index (κ2) is 9.44. The molecule has 1 aromatic carbocycles. The number of piperazine rings is 1. The summed E-state index contributed by atoms with van der Waals surface area (Å²) in [6.07, 6.45) is 1.00. The van der Waals surface area contributed by atoms with E-state index >= 15 is 0 Å². The van der Waals surface area contributed by atoms with Gasteiger partial charge in [0.1, 0.15) is 11.8 Å². The van der Waals surface area contributed by atoms with Crippen molar-refractivity contribution in [3.8, 4) is 0 Å². The van der Waals surface area contributed by atoms with Crippen LogP contribution in [0.4, 0.5) is 4.79 Å². The fourth-order valence-corrected chi connectivity index (χ4v) is 6.58. The maximum Gasteiger partial charge on any atom is 0.410 e. The van der Waals surface area contributed by atoms with Crippen LogP contribution >= 0.6 is 11.6 Å². The van der Waals surface area contributed by atoms with E-state index in [2.05, 4.69) is 4.90 Å². The third-order valence-electron chi connectivity index (χ3n) is 6.62. The molecule has 4 rings (SSSR count). The van der Waals surface area contributed by atoms with Gasteiger partial charge in [-0.15, -0.1) is 0 Å². The van der Waals surface area contributed by atoms with Gasteiger partial charge in [-0.25, -0.2) is 13.2 Å². The maximum absolute atomic E-state index is 13.4. The molecule has 2 aliphatic heterocycles. The predicted molar refractivity (Wildman–Crippen MR) is 118 cm³/mol. The summed E-state index contributed by atoms with van der Waals surface area (Å²) < 4.78 is 33.9. The summed E-state index contributed by atoms with van der Waals surface area (Å²) in [6, 6.07) is 5.24. The van der Waals surface area contributed by atoms with E-state index in [0.717, 1.165) is 4.31 Å². The van der Waals surface area contributed by atoms with Gasteiger partial charge in [0.05, 0.1) is 17.5 Å². The van der Waals surface area contributed by atoms with Crippen molar-refractivity contribution in [1.82, 2.24) is 14.1 Å². The molecule has 2 heterocycles. The van der Waals surface area contributed by atoms with Crippen molar-refractivity contribution in [2.45, 2.75) is 54.9 Å². The number of sulfonamides is 1. The number of halogens is 1. The van der Waals surface area contributed by atoms with Gasteiger partial charge in [-0.1, -0.05) is 11.6 Å². The molecule has 0 bridgehead atoms. The highest BCUT2D eigenvalue weighted by Gasteiger charge is 2.59. The Morgan fingerprint density at radius 3 is 2.38 bits per heavy atom. The van der Waals surface area contributed by atoms with E-state index in [0.29, 0.717) is 69.9 Å².